The Balaban J connectivity index is 1.86. The average Bonchev–Trinajstić information content (AvgIpc) is 2.54. The van der Waals surface area contributed by atoms with Gasteiger partial charge >= 0.3 is 0 Å². The molecule has 0 unspecified atom stereocenters. The number of hydrogen-bond acceptors (Lipinski definition) is 2. The van der Waals surface area contributed by atoms with Crippen molar-refractivity contribution in [3.63, 3.8) is 0 Å². The van der Waals surface area contributed by atoms with Gasteiger partial charge in [0.1, 0.15) is 13.2 Å². The van der Waals surface area contributed by atoms with Crippen LogP contribution in [-0.4, -0.2) is 19.0 Å². The molecular weight excluding hydrogens is 296 g/mol. The van der Waals surface area contributed by atoms with Crippen molar-refractivity contribution in [1.82, 2.24) is 0 Å². The van der Waals surface area contributed by atoms with Crippen LogP contribution in [0.1, 0.15) is 27.8 Å². The Labute approximate surface area is 143 Å². The van der Waals surface area contributed by atoms with Gasteiger partial charge in [-0.1, -0.05) is 53.7 Å². The highest BCUT2D eigenvalue weighted by molar-refractivity contribution is 5.97. The monoisotopic (exact) mass is 316 g/mol. The standard InChI is InChI=1S/C22H20O2/c1-17-14-18(2)22(19(3)15-17)12-11-21(23)16-24-13-7-10-20-8-5-4-6-9-20/h4-6,8-9,14-15H,13,16H2,1-3H3. The smallest absolute Gasteiger partial charge is 0.231 e. The largest absolute Gasteiger partial charge is 0.360 e. The zero-order valence-corrected chi connectivity index (χ0v) is 14.3. The molecule has 0 aliphatic rings. The minimum atomic E-state index is -0.240. The molecule has 0 aromatic heterocycles. The first-order chi connectivity index (χ1) is 11.6. The summed E-state index contributed by atoms with van der Waals surface area (Å²) in [6, 6.07) is 13.8. The topological polar surface area (TPSA) is 26.3 Å². The van der Waals surface area contributed by atoms with Crippen molar-refractivity contribution in [2.75, 3.05) is 13.2 Å². The van der Waals surface area contributed by atoms with Crippen molar-refractivity contribution in [3.8, 4) is 23.7 Å². The second kappa shape index (κ2) is 8.73. The second-order valence-electron chi connectivity index (χ2n) is 5.61. The summed E-state index contributed by atoms with van der Waals surface area (Å²) in [5.74, 6) is 11.2. The summed E-state index contributed by atoms with van der Waals surface area (Å²) in [5.41, 5.74) is 5.21. The molecule has 120 valence electrons. The number of ether oxygens (including phenoxy) is 1. The Bertz CT molecular complexity index is 817. The number of aryl methyl sites for hydroxylation is 3. The third-order valence-corrected chi connectivity index (χ3v) is 3.42. The van der Waals surface area contributed by atoms with E-state index in [1.165, 1.54) is 5.56 Å². The molecule has 0 N–H and O–H groups in total. The number of rotatable bonds is 3. The summed E-state index contributed by atoms with van der Waals surface area (Å²) < 4.78 is 5.26. The fourth-order valence-corrected chi connectivity index (χ4v) is 2.40. The summed E-state index contributed by atoms with van der Waals surface area (Å²) in [6.07, 6.45) is 0. The van der Waals surface area contributed by atoms with E-state index in [9.17, 15) is 4.79 Å². The van der Waals surface area contributed by atoms with E-state index in [1.54, 1.807) is 0 Å². The first-order valence-electron chi connectivity index (χ1n) is 7.80. The molecule has 2 nitrogen and oxygen atoms in total. The molecule has 0 aliphatic heterocycles. The summed E-state index contributed by atoms with van der Waals surface area (Å²) in [5, 5.41) is 0. The maximum Gasteiger partial charge on any atom is 0.231 e. The van der Waals surface area contributed by atoms with Gasteiger partial charge in [0.15, 0.2) is 0 Å². The second-order valence-corrected chi connectivity index (χ2v) is 5.61. The summed E-state index contributed by atoms with van der Waals surface area (Å²) >= 11 is 0. The predicted octanol–water partition coefficient (Wildman–Crippen LogP) is 3.60. The van der Waals surface area contributed by atoms with Crippen LogP contribution in [0.25, 0.3) is 0 Å². The Morgan fingerprint density at radius 1 is 1.00 bits per heavy atom. The summed E-state index contributed by atoms with van der Waals surface area (Å²) in [4.78, 5) is 11.8. The van der Waals surface area contributed by atoms with Crippen LogP contribution in [0.3, 0.4) is 0 Å². The van der Waals surface area contributed by atoms with E-state index in [0.29, 0.717) is 0 Å². The van der Waals surface area contributed by atoms with Gasteiger partial charge < -0.3 is 4.74 Å². The lowest BCUT2D eigenvalue weighted by Gasteiger charge is -2.04. The molecule has 0 aliphatic carbocycles. The van der Waals surface area contributed by atoms with Crippen molar-refractivity contribution in [3.05, 3.63) is 70.3 Å². The van der Waals surface area contributed by atoms with Crippen LogP contribution in [0.4, 0.5) is 0 Å². The number of Topliss-reactive ketones (excluding diaryl/α,β-unsaturated/α-hetero) is 1. The molecule has 0 heterocycles. The first-order valence-corrected chi connectivity index (χ1v) is 7.80. The number of hydrogen-bond donors (Lipinski definition) is 0. The summed E-state index contributed by atoms with van der Waals surface area (Å²) in [7, 11) is 0. The van der Waals surface area contributed by atoms with Gasteiger partial charge in [-0.2, -0.15) is 0 Å². The average molecular weight is 316 g/mol. The molecule has 2 rings (SSSR count). The molecule has 0 amide bonds. The zero-order valence-electron chi connectivity index (χ0n) is 14.3. The van der Waals surface area contributed by atoms with E-state index in [2.05, 4.69) is 35.8 Å². The molecule has 0 atom stereocenters. The first kappa shape index (κ1) is 17.5. The summed E-state index contributed by atoms with van der Waals surface area (Å²) in [6.45, 7) is 6.23. The van der Waals surface area contributed by atoms with Gasteiger partial charge in [-0.25, -0.2) is 0 Å². The van der Waals surface area contributed by atoms with Gasteiger partial charge in [0.2, 0.25) is 5.78 Å². The Morgan fingerprint density at radius 3 is 2.33 bits per heavy atom. The lowest BCUT2D eigenvalue weighted by Crippen LogP contribution is -2.06. The lowest BCUT2D eigenvalue weighted by atomic mass is 10.0. The highest BCUT2D eigenvalue weighted by Gasteiger charge is 2.01. The van der Waals surface area contributed by atoms with Gasteiger partial charge in [0.05, 0.1) is 0 Å². The van der Waals surface area contributed by atoms with Crippen LogP contribution in [0, 0.1) is 44.5 Å². The SMILES string of the molecule is Cc1cc(C)c(C#CC(=O)COCC#Cc2ccccc2)c(C)c1. The third-order valence-electron chi connectivity index (χ3n) is 3.42. The van der Waals surface area contributed by atoms with Gasteiger partial charge in [0, 0.05) is 11.1 Å². The Kier molecular flexibility index (Phi) is 6.38. The van der Waals surface area contributed by atoms with Crippen LogP contribution in [0.5, 0.6) is 0 Å². The maximum atomic E-state index is 11.8. The van der Waals surface area contributed by atoms with E-state index in [0.717, 1.165) is 22.3 Å². The van der Waals surface area contributed by atoms with Gasteiger partial charge in [-0.3, -0.25) is 4.79 Å². The molecule has 2 heteroatoms. The minimum absolute atomic E-state index is 0.0412. The maximum absolute atomic E-state index is 11.8. The third kappa shape index (κ3) is 5.43. The van der Waals surface area contributed by atoms with Gasteiger partial charge in [-0.15, -0.1) is 0 Å². The van der Waals surface area contributed by atoms with E-state index in [-0.39, 0.29) is 19.0 Å². The van der Waals surface area contributed by atoms with E-state index >= 15 is 0 Å². The van der Waals surface area contributed by atoms with Crippen molar-refractivity contribution in [2.45, 2.75) is 20.8 Å². The van der Waals surface area contributed by atoms with Crippen LogP contribution in [0.2, 0.25) is 0 Å². The van der Waals surface area contributed by atoms with E-state index in [1.807, 2.05) is 51.1 Å². The fourth-order valence-electron chi connectivity index (χ4n) is 2.40. The van der Waals surface area contributed by atoms with Crippen molar-refractivity contribution in [2.24, 2.45) is 0 Å². The molecular formula is C22H20O2. The number of ketones is 1. The molecule has 0 saturated heterocycles. The number of carbonyl (C=O) groups excluding carboxylic acids is 1. The fraction of sp³-hybridized carbons (Fsp3) is 0.227. The number of carbonyl (C=O) groups is 1. The van der Waals surface area contributed by atoms with Crippen molar-refractivity contribution in [1.29, 1.82) is 0 Å². The highest BCUT2D eigenvalue weighted by atomic mass is 16.5. The van der Waals surface area contributed by atoms with Gasteiger partial charge in [0.25, 0.3) is 0 Å². The van der Waals surface area contributed by atoms with Crippen LogP contribution >= 0.6 is 0 Å². The lowest BCUT2D eigenvalue weighted by molar-refractivity contribution is -0.117. The van der Waals surface area contributed by atoms with Crippen LogP contribution in [-0.2, 0) is 9.53 Å². The molecule has 2 aromatic carbocycles. The quantitative estimate of drug-likeness (QED) is 0.639. The Hall–Kier alpha value is -2.81. The highest BCUT2D eigenvalue weighted by Crippen LogP contribution is 2.14. The molecule has 2 aromatic rings. The number of benzene rings is 2. The molecule has 0 bridgehead atoms. The molecule has 0 saturated carbocycles. The molecule has 24 heavy (non-hydrogen) atoms. The Morgan fingerprint density at radius 2 is 1.67 bits per heavy atom. The van der Waals surface area contributed by atoms with Crippen molar-refractivity contribution < 1.29 is 9.53 Å². The minimum Gasteiger partial charge on any atom is -0.360 e. The van der Waals surface area contributed by atoms with Crippen LogP contribution < -0.4 is 0 Å². The van der Waals surface area contributed by atoms with Crippen molar-refractivity contribution >= 4 is 5.78 Å². The predicted molar refractivity (Wildman–Crippen MR) is 96.7 cm³/mol. The van der Waals surface area contributed by atoms with E-state index < -0.39 is 0 Å². The zero-order chi connectivity index (χ0) is 17.4. The normalized spacial score (nSPS) is 9.46. The molecule has 0 radical (unpaired) electrons. The molecule has 0 fully saturated rings. The van der Waals surface area contributed by atoms with E-state index in [4.69, 9.17) is 4.74 Å². The van der Waals surface area contributed by atoms with Gasteiger partial charge in [-0.05, 0) is 50.0 Å². The van der Waals surface area contributed by atoms with Crippen LogP contribution in [0.15, 0.2) is 42.5 Å². The molecule has 0 spiro atoms.